The van der Waals surface area contributed by atoms with Gasteiger partial charge in [-0.05, 0) is 18.1 Å². The molecule has 1 heterocycles. The minimum atomic E-state index is 0.774. The van der Waals surface area contributed by atoms with Crippen molar-refractivity contribution >= 4 is 11.9 Å². The van der Waals surface area contributed by atoms with Gasteiger partial charge in [0.25, 0.3) is 0 Å². The minimum Gasteiger partial charge on any atom is -0.353 e. The molecular weight excluding hydrogens is 160 g/mol. The molecule has 2 rings (SSSR count). The molecule has 0 saturated carbocycles. The van der Waals surface area contributed by atoms with Gasteiger partial charge < -0.3 is 5.32 Å². The van der Waals surface area contributed by atoms with E-state index in [2.05, 4.69) is 41.5 Å². The molecule has 66 valence electrons. The summed E-state index contributed by atoms with van der Waals surface area (Å²) in [6, 6.07) is 8.50. The number of aliphatic imine (C=N–C) groups is 1. The highest BCUT2D eigenvalue weighted by Crippen LogP contribution is 2.15. The van der Waals surface area contributed by atoms with Gasteiger partial charge in [-0.25, -0.2) is 0 Å². The Balaban J connectivity index is 2.25. The lowest BCUT2D eigenvalue weighted by Gasteiger charge is -2.08. The van der Waals surface area contributed by atoms with Crippen molar-refractivity contribution in [3.05, 3.63) is 41.6 Å². The summed E-state index contributed by atoms with van der Waals surface area (Å²) in [5, 5.41) is 2.99. The van der Waals surface area contributed by atoms with Gasteiger partial charge in [0.15, 0.2) is 0 Å². The first-order valence-corrected chi connectivity index (χ1v) is 4.37. The molecule has 1 aromatic rings. The molecule has 2 nitrogen and oxygen atoms in total. The fourth-order valence-electron chi connectivity index (χ4n) is 1.32. The second kappa shape index (κ2) is 3.44. The molecule has 0 unspecified atom stereocenters. The summed E-state index contributed by atoms with van der Waals surface area (Å²) in [6.45, 7) is 2.87. The van der Waals surface area contributed by atoms with Gasteiger partial charge in [-0.15, -0.1) is 0 Å². The van der Waals surface area contributed by atoms with Crippen LogP contribution in [0.2, 0.25) is 0 Å². The molecule has 13 heavy (non-hydrogen) atoms. The van der Waals surface area contributed by atoms with Gasteiger partial charge in [0.05, 0.1) is 12.9 Å². The van der Waals surface area contributed by atoms with Crippen LogP contribution in [-0.4, -0.2) is 12.9 Å². The highest BCUT2D eigenvalue weighted by atomic mass is 14.9. The summed E-state index contributed by atoms with van der Waals surface area (Å²) < 4.78 is 0. The largest absolute Gasteiger partial charge is 0.353 e. The van der Waals surface area contributed by atoms with Gasteiger partial charge in [-0.3, -0.25) is 4.99 Å². The molecule has 0 aromatic heterocycles. The first kappa shape index (κ1) is 8.05. The average Bonchev–Trinajstić information content (AvgIpc) is 2.20. The Morgan fingerprint density at radius 2 is 2.00 bits per heavy atom. The van der Waals surface area contributed by atoms with E-state index in [-0.39, 0.29) is 0 Å². The quantitative estimate of drug-likeness (QED) is 0.688. The van der Waals surface area contributed by atoms with E-state index in [1.807, 2.05) is 6.20 Å². The van der Waals surface area contributed by atoms with Crippen LogP contribution in [0.1, 0.15) is 11.1 Å². The van der Waals surface area contributed by atoms with Gasteiger partial charge in [0.2, 0.25) is 0 Å². The Morgan fingerprint density at radius 1 is 1.23 bits per heavy atom. The number of nitrogens with one attached hydrogen (secondary N) is 1. The third kappa shape index (κ3) is 1.78. The lowest BCUT2D eigenvalue weighted by molar-refractivity contribution is 1.15. The van der Waals surface area contributed by atoms with Crippen LogP contribution in [0, 0.1) is 6.92 Å². The second-order valence-corrected chi connectivity index (χ2v) is 3.17. The molecular formula is C11H12N2. The maximum atomic E-state index is 4.15. The smallest absolute Gasteiger partial charge is 0.0867 e. The van der Waals surface area contributed by atoms with Crippen LogP contribution < -0.4 is 5.32 Å². The van der Waals surface area contributed by atoms with Gasteiger partial charge in [-0.2, -0.15) is 0 Å². The van der Waals surface area contributed by atoms with Crippen molar-refractivity contribution in [1.82, 2.24) is 5.32 Å². The lowest BCUT2D eigenvalue weighted by Crippen LogP contribution is -2.09. The molecule has 2 heteroatoms. The predicted molar refractivity (Wildman–Crippen MR) is 55.7 cm³/mol. The van der Waals surface area contributed by atoms with Crippen molar-refractivity contribution in [2.24, 2.45) is 4.99 Å². The molecule has 0 amide bonds. The molecule has 0 atom stereocenters. The van der Waals surface area contributed by atoms with E-state index in [1.54, 1.807) is 6.34 Å². The van der Waals surface area contributed by atoms with Gasteiger partial charge in [-0.1, -0.05) is 29.8 Å². The molecule has 0 aliphatic carbocycles. The van der Waals surface area contributed by atoms with Crippen molar-refractivity contribution < 1.29 is 0 Å². The van der Waals surface area contributed by atoms with Crippen molar-refractivity contribution in [3.8, 4) is 0 Å². The molecule has 0 saturated heterocycles. The van der Waals surface area contributed by atoms with Gasteiger partial charge in [0.1, 0.15) is 0 Å². The summed E-state index contributed by atoms with van der Waals surface area (Å²) in [5.41, 5.74) is 3.77. The number of aryl methyl sites for hydroxylation is 1. The number of nitrogens with zero attached hydrogens (tertiary/aromatic N) is 1. The van der Waals surface area contributed by atoms with Gasteiger partial charge >= 0.3 is 0 Å². The SMILES string of the molecule is Cc1ccc(C2=CNC=NC2)cc1. The maximum Gasteiger partial charge on any atom is 0.0867 e. The molecule has 0 bridgehead atoms. The summed E-state index contributed by atoms with van der Waals surface area (Å²) in [4.78, 5) is 4.15. The third-order valence-electron chi connectivity index (χ3n) is 2.11. The highest BCUT2D eigenvalue weighted by molar-refractivity contribution is 5.73. The summed E-state index contributed by atoms with van der Waals surface area (Å²) in [5.74, 6) is 0. The van der Waals surface area contributed by atoms with Crippen LogP contribution in [0.4, 0.5) is 0 Å². The normalized spacial score (nSPS) is 15.0. The molecule has 1 aromatic carbocycles. The Hall–Kier alpha value is -1.57. The van der Waals surface area contributed by atoms with E-state index < -0.39 is 0 Å². The number of hydrogen-bond donors (Lipinski definition) is 1. The molecule has 1 N–H and O–H groups in total. The summed E-state index contributed by atoms with van der Waals surface area (Å²) >= 11 is 0. The zero-order chi connectivity index (χ0) is 9.10. The van der Waals surface area contributed by atoms with Crippen molar-refractivity contribution in [1.29, 1.82) is 0 Å². The van der Waals surface area contributed by atoms with Crippen LogP contribution >= 0.6 is 0 Å². The first-order chi connectivity index (χ1) is 6.36. The van der Waals surface area contributed by atoms with E-state index in [1.165, 1.54) is 16.7 Å². The first-order valence-electron chi connectivity index (χ1n) is 4.37. The zero-order valence-corrected chi connectivity index (χ0v) is 7.62. The number of benzene rings is 1. The Kier molecular flexibility index (Phi) is 2.13. The summed E-state index contributed by atoms with van der Waals surface area (Å²) in [6.07, 6.45) is 3.72. The molecule has 1 aliphatic rings. The number of rotatable bonds is 1. The van der Waals surface area contributed by atoms with Crippen molar-refractivity contribution in [2.75, 3.05) is 6.54 Å². The van der Waals surface area contributed by atoms with Crippen molar-refractivity contribution in [2.45, 2.75) is 6.92 Å². The van der Waals surface area contributed by atoms with E-state index in [0.717, 1.165) is 6.54 Å². The summed E-state index contributed by atoms with van der Waals surface area (Å²) in [7, 11) is 0. The zero-order valence-electron chi connectivity index (χ0n) is 7.62. The van der Waals surface area contributed by atoms with Crippen molar-refractivity contribution in [3.63, 3.8) is 0 Å². The fourth-order valence-corrected chi connectivity index (χ4v) is 1.32. The predicted octanol–water partition coefficient (Wildman–Crippen LogP) is 1.97. The Bertz CT molecular complexity index is 347. The van der Waals surface area contributed by atoms with Gasteiger partial charge in [0, 0.05) is 6.20 Å². The highest BCUT2D eigenvalue weighted by Gasteiger charge is 2.01. The molecule has 0 radical (unpaired) electrons. The van der Waals surface area contributed by atoms with E-state index >= 15 is 0 Å². The number of hydrogen-bond acceptors (Lipinski definition) is 2. The van der Waals surface area contributed by atoms with Crippen LogP contribution in [0.25, 0.3) is 5.57 Å². The second-order valence-electron chi connectivity index (χ2n) is 3.17. The topological polar surface area (TPSA) is 24.4 Å². The van der Waals surface area contributed by atoms with E-state index in [4.69, 9.17) is 0 Å². The molecule has 0 spiro atoms. The lowest BCUT2D eigenvalue weighted by atomic mass is 10.1. The van der Waals surface area contributed by atoms with Crippen LogP contribution in [0.3, 0.4) is 0 Å². The van der Waals surface area contributed by atoms with E-state index in [9.17, 15) is 0 Å². The molecule has 1 aliphatic heterocycles. The van der Waals surface area contributed by atoms with Crippen LogP contribution in [0.15, 0.2) is 35.5 Å². The standard InChI is InChI=1S/C11H12N2/c1-9-2-4-10(5-3-9)11-6-12-8-13-7-11/h2-6,8H,7H2,1H3,(H,12,13). The Labute approximate surface area is 78.0 Å². The Morgan fingerprint density at radius 3 is 2.62 bits per heavy atom. The van der Waals surface area contributed by atoms with E-state index in [0.29, 0.717) is 0 Å². The van der Waals surface area contributed by atoms with Crippen LogP contribution in [-0.2, 0) is 0 Å². The maximum absolute atomic E-state index is 4.15. The average molecular weight is 172 g/mol. The monoisotopic (exact) mass is 172 g/mol. The molecule has 0 fully saturated rings. The van der Waals surface area contributed by atoms with Crippen LogP contribution in [0.5, 0.6) is 0 Å². The minimum absolute atomic E-state index is 0.774. The fraction of sp³-hybridized carbons (Fsp3) is 0.182. The third-order valence-corrected chi connectivity index (χ3v) is 2.11.